The Balaban J connectivity index is 1.84. The molecule has 2 aromatic rings. The van der Waals surface area contributed by atoms with Gasteiger partial charge in [-0.1, -0.05) is 18.2 Å². The number of benzene rings is 1. The fourth-order valence-electron chi connectivity index (χ4n) is 3.17. The highest BCUT2D eigenvalue weighted by Gasteiger charge is 2.29. The minimum Gasteiger partial charge on any atom is -0.496 e. The zero-order valence-corrected chi connectivity index (χ0v) is 14.0. The fourth-order valence-corrected chi connectivity index (χ4v) is 3.17. The number of likely N-dealkylation sites (tertiary alicyclic amines) is 1. The molecule has 24 heavy (non-hydrogen) atoms. The third-order valence-electron chi connectivity index (χ3n) is 4.41. The van der Waals surface area contributed by atoms with Crippen molar-refractivity contribution in [3.05, 3.63) is 48.1 Å². The maximum Gasteiger partial charge on any atom is 0.247 e. The molecule has 1 aromatic heterocycles. The molecule has 0 bridgehead atoms. The first-order valence-electron chi connectivity index (χ1n) is 8.18. The molecule has 0 spiro atoms. The number of ether oxygens (including phenoxy) is 1. The largest absolute Gasteiger partial charge is 0.496 e. The van der Waals surface area contributed by atoms with E-state index in [1.807, 2.05) is 36.1 Å². The summed E-state index contributed by atoms with van der Waals surface area (Å²) in [6.45, 7) is 2.67. The average molecular weight is 326 g/mol. The van der Waals surface area contributed by atoms with E-state index in [4.69, 9.17) is 4.74 Å². The fraction of sp³-hybridized carbons (Fsp3) is 0.389. The van der Waals surface area contributed by atoms with Crippen LogP contribution in [0, 0.1) is 0 Å². The van der Waals surface area contributed by atoms with E-state index in [0.717, 1.165) is 48.5 Å². The Morgan fingerprint density at radius 1 is 1.38 bits per heavy atom. The van der Waals surface area contributed by atoms with Gasteiger partial charge in [0.25, 0.3) is 0 Å². The van der Waals surface area contributed by atoms with Crippen molar-refractivity contribution >= 4 is 11.5 Å². The van der Waals surface area contributed by atoms with Gasteiger partial charge in [0.2, 0.25) is 5.91 Å². The second-order valence-corrected chi connectivity index (χ2v) is 5.94. The molecule has 126 valence electrons. The monoisotopic (exact) mass is 326 g/mol. The van der Waals surface area contributed by atoms with Crippen LogP contribution >= 0.6 is 0 Å². The van der Waals surface area contributed by atoms with Crippen molar-refractivity contribution in [1.82, 2.24) is 20.1 Å². The Morgan fingerprint density at radius 3 is 2.96 bits per heavy atom. The van der Waals surface area contributed by atoms with E-state index in [1.165, 1.54) is 6.33 Å². The van der Waals surface area contributed by atoms with E-state index in [2.05, 4.69) is 15.2 Å². The van der Waals surface area contributed by atoms with Crippen LogP contribution in [0.3, 0.4) is 0 Å². The molecule has 1 aromatic carbocycles. The van der Waals surface area contributed by atoms with Gasteiger partial charge in [-0.05, 0) is 37.8 Å². The molecular formula is C18H22N4O2. The van der Waals surface area contributed by atoms with E-state index in [-0.39, 0.29) is 11.9 Å². The maximum atomic E-state index is 12.8. The molecule has 0 radical (unpaired) electrons. The average Bonchev–Trinajstić information content (AvgIpc) is 3.16. The number of carbonyl (C=O) groups is 1. The number of hydrogen-bond acceptors (Lipinski definition) is 4. The molecule has 1 amide bonds. The first-order valence-corrected chi connectivity index (χ1v) is 8.18. The summed E-state index contributed by atoms with van der Waals surface area (Å²) >= 11 is 0. The van der Waals surface area contributed by atoms with Gasteiger partial charge < -0.3 is 9.64 Å². The van der Waals surface area contributed by atoms with Crippen LogP contribution in [-0.2, 0) is 4.79 Å². The molecule has 2 heterocycles. The van der Waals surface area contributed by atoms with Crippen LogP contribution in [-0.4, -0.2) is 39.6 Å². The molecule has 1 fully saturated rings. The summed E-state index contributed by atoms with van der Waals surface area (Å²) in [5.41, 5.74) is 1.82. The number of piperidine rings is 1. The Morgan fingerprint density at radius 2 is 2.21 bits per heavy atom. The number of carbonyl (C=O) groups excluding carboxylic acids is 1. The first kappa shape index (κ1) is 16.2. The molecule has 1 N–H and O–H groups in total. The lowest BCUT2D eigenvalue weighted by molar-refractivity contribution is -0.129. The Labute approximate surface area is 141 Å². The van der Waals surface area contributed by atoms with Crippen LogP contribution in [0.25, 0.3) is 5.57 Å². The molecule has 1 unspecified atom stereocenters. The molecule has 3 rings (SSSR count). The quantitative estimate of drug-likeness (QED) is 0.877. The normalized spacial score (nSPS) is 18.5. The number of H-pyrrole nitrogens is 1. The first-order chi connectivity index (χ1) is 11.7. The van der Waals surface area contributed by atoms with Gasteiger partial charge in [-0.25, -0.2) is 4.98 Å². The molecule has 1 aliphatic heterocycles. The maximum absolute atomic E-state index is 12.8. The zero-order valence-electron chi connectivity index (χ0n) is 14.0. The summed E-state index contributed by atoms with van der Waals surface area (Å²) in [4.78, 5) is 18.9. The van der Waals surface area contributed by atoms with Crippen molar-refractivity contribution in [3.8, 4) is 5.75 Å². The van der Waals surface area contributed by atoms with Crippen LogP contribution in [0.1, 0.15) is 43.6 Å². The molecule has 6 nitrogen and oxygen atoms in total. The summed E-state index contributed by atoms with van der Waals surface area (Å²) in [6, 6.07) is 7.69. The van der Waals surface area contributed by atoms with Crippen molar-refractivity contribution in [1.29, 1.82) is 0 Å². The number of hydrogen-bond donors (Lipinski definition) is 1. The molecule has 0 aliphatic carbocycles. The highest BCUT2D eigenvalue weighted by molar-refractivity contribution is 5.95. The number of rotatable bonds is 4. The number of amides is 1. The standard InChI is InChI=1S/C18H22N4O2/c1-13(14-7-3-4-9-16(14)24-2)11-17(23)22-10-6-5-8-15(22)18-19-12-20-21-18/h3-4,7,9,11-12,15H,5-6,8,10H2,1-2H3,(H,19,20,21)/b13-11+. The predicted molar refractivity (Wildman–Crippen MR) is 91.3 cm³/mol. The van der Waals surface area contributed by atoms with Gasteiger partial charge in [0.05, 0.1) is 13.2 Å². The molecular weight excluding hydrogens is 304 g/mol. The number of aromatic amines is 1. The summed E-state index contributed by atoms with van der Waals surface area (Å²) in [7, 11) is 1.64. The number of methoxy groups -OCH3 is 1. The Kier molecular flexibility index (Phi) is 4.93. The highest BCUT2D eigenvalue weighted by atomic mass is 16.5. The van der Waals surface area contributed by atoms with Crippen molar-refractivity contribution in [3.63, 3.8) is 0 Å². The third-order valence-corrected chi connectivity index (χ3v) is 4.41. The van der Waals surface area contributed by atoms with E-state index in [9.17, 15) is 4.79 Å². The molecule has 1 saturated heterocycles. The van der Waals surface area contributed by atoms with Gasteiger partial charge in [-0.15, -0.1) is 0 Å². The second-order valence-electron chi connectivity index (χ2n) is 5.94. The molecule has 0 saturated carbocycles. The lowest BCUT2D eigenvalue weighted by Gasteiger charge is -2.33. The van der Waals surface area contributed by atoms with Gasteiger partial charge >= 0.3 is 0 Å². The van der Waals surface area contributed by atoms with Crippen molar-refractivity contribution in [2.45, 2.75) is 32.2 Å². The molecule has 1 aliphatic rings. The van der Waals surface area contributed by atoms with E-state index >= 15 is 0 Å². The van der Waals surface area contributed by atoms with Gasteiger partial charge in [0, 0.05) is 18.2 Å². The predicted octanol–water partition coefficient (Wildman–Crippen LogP) is 2.97. The van der Waals surface area contributed by atoms with Crippen LogP contribution in [0.2, 0.25) is 0 Å². The minimum absolute atomic E-state index is 0.000457. The van der Waals surface area contributed by atoms with Gasteiger partial charge in [0.1, 0.15) is 17.9 Å². The summed E-state index contributed by atoms with van der Waals surface area (Å²) in [5, 5.41) is 6.82. The smallest absolute Gasteiger partial charge is 0.247 e. The van der Waals surface area contributed by atoms with Crippen molar-refractivity contribution in [2.24, 2.45) is 0 Å². The zero-order chi connectivity index (χ0) is 16.9. The van der Waals surface area contributed by atoms with Crippen molar-refractivity contribution < 1.29 is 9.53 Å². The third kappa shape index (κ3) is 3.32. The van der Waals surface area contributed by atoms with Crippen LogP contribution in [0.4, 0.5) is 0 Å². The van der Waals surface area contributed by atoms with Crippen LogP contribution in [0.15, 0.2) is 36.7 Å². The van der Waals surface area contributed by atoms with E-state index in [0.29, 0.717) is 0 Å². The Bertz CT molecular complexity index is 724. The SMILES string of the molecule is COc1ccccc1/C(C)=C/C(=O)N1CCCCC1c1ncn[nH]1. The topological polar surface area (TPSA) is 71.1 Å². The molecule has 1 atom stereocenters. The lowest BCUT2D eigenvalue weighted by Crippen LogP contribution is -2.38. The molecule has 6 heteroatoms. The van der Waals surface area contributed by atoms with E-state index in [1.54, 1.807) is 13.2 Å². The highest BCUT2D eigenvalue weighted by Crippen LogP contribution is 2.30. The minimum atomic E-state index is -0.0320. The number of allylic oxidation sites excluding steroid dienone is 1. The lowest BCUT2D eigenvalue weighted by atomic mass is 10.0. The van der Waals surface area contributed by atoms with Gasteiger partial charge in [-0.2, -0.15) is 5.10 Å². The summed E-state index contributed by atoms with van der Waals surface area (Å²) in [5.74, 6) is 1.52. The number of para-hydroxylation sites is 1. The van der Waals surface area contributed by atoms with Crippen LogP contribution in [0.5, 0.6) is 5.75 Å². The number of aromatic nitrogens is 3. The summed E-state index contributed by atoms with van der Waals surface area (Å²) < 4.78 is 5.38. The second kappa shape index (κ2) is 7.29. The van der Waals surface area contributed by atoms with E-state index < -0.39 is 0 Å². The van der Waals surface area contributed by atoms with Crippen molar-refractivity contribution in [2.75, 3.05) is 13.7 Å². The van der Waals surface area contributed by atoms with Gasteiger partial charge in [0.15, 0.2) is 0 Å². The summed E-state index contributed by atoms with van der Waals surface area (Å²) in [6.07, 6.45) is 6.18. The number of nitrogens with one attached hydrogen (secondary N) is 1. The van der Waals surface area contributed by atoms with Crippen LogP contribution < -0.4 is 4.74 Å². The number of nitrogens with zero attached hydrogens (tertiary/aromatic N) is 3. The van der Waals surface area contributed by atoms with Gasteiger partial charge in [-0.3, -0.25) is 9.89 Å². The Hall–Kier alpha value is -2.63.